The number of anilines is 1. The minimum atomic E-state index is 0.538. The van der Waals surface area contributed by atoms with Gasteiger partial charge in [0.2, 0.25) is 0 Å². The number of amidine groups is 1. The van der Waals surface area contributed by atoms with Gasteiger partial charge in [0.05, 0.1) is 21.4 Å². The zero-order valence-electron chi connectivity index (χ0n) is 16.7. The highest BCUT2D eigenvalue weighted by Gasteiger charge is 2.19. The number of piperazine rings is 1. The number of hydrogen-bond donors (Lipinski definition) is 1. The molecule has 2 aliphatic rings. The van der Waals surface area contributed by atoms with Crippen LogP contribution in [-0.4, -0.2) is 65.4 Å². The summed E-state index contributed by atoms with van der Waals surface area (Å²) in [5.41, 5.74) is 5.31. The predicted octanol–water partition coefficient (Wildman–Crippen LogP) is 3.28. The molecule has 9 heteroatoms. The Balaban J connectivity index is 1.45. The molecule has 1 aromatic carbocycles. The summed E-state index contributed by atoms with van der Waals surface area (Å²) < 4.78 is 0. The van der Waals surface area contributed by atoms with Crippen LogP contribution in [0.2, 0.25) is 10.0 Å². The maximum atomic E-state index is 6.14. The zero-order chi connectivity index (χ0) is 20.4. The highest BCUT2D eigenvalue weighted by atomic mass is 35.5. The molecule has 0 spiro atoms. The number of likely N-dealkylation sites (N-methyl/N-ethyl adjacent to an activating group) is 1. The second-order valence-electron chi connectivity index (χ2n) is 7.51. The first-order chi connectivity index (χ1) is 14.0. The van der Waals surface area contributed by atoms with Crippen LogP contribution in [0.15, 0.2) is 29.3 Å². The van der Waals surface area contributed by atoms with Crippen molar-refractivity contribution in [3.05, 3.63) is 45.8 Å². The first kappa shape index (κ1) is 20.3. The summed E-state index contributed by atoms with van der Waals surface area (Å²) in [4.78, 5) is 18.6. The molecule has 2 aliphatic heterocycles. The lowest BCUT2D eigenvalue weighted by atomic mass is 10.3. The lowest BCUT2D eigenvalue weighted by molar-refractivity contribution is 0.147. The van der Waals surface area contributed by atoms with E-state index in [-0.39, 0.29) is 0 Å². The molecule has 0 aliphatic carbocycles. The predicted molar refractivity (Wildman–Crippen MR) is 118 cm³/mol. The van der Waals surface area contributed by atoms with Gasteiger partial charge in [-0.25, -0.2) is 15.0 Å². The Morgan fingerprint density at radius 2 is 1.83 bits per heavy atom. The quantitative estimate of drug-likeness (QED) is 0.797. The maximum Gasteiger partial charge on any atom is 0.157 e. The van der Waals surface area contributed by atoms with E-state index in [2.05, 4.69) is 32.2 Å². The van der Waals surface area contributed by atoms with Crippen LogP contribution in [0.5, 0.6) is 0 Å². The maximum absolute atomic E-state index is 6.14. The monoisotopic (exact) mass is 433 g/mol. The van der Waals surface area contributed by atoms with Gasteiger partial charge in [-0.15, -0.1) is 0 Å². The van der Waals surface area contributed by atoms with E-state index in [1.54, 1.807) is 6.07 Å². The van der Waals surface area contributed by atoms with E-state index in [9.17, 15) is 0 Å². The Bertz CT molecular complexity index is 910. The standard InChI is InChI=1S/C20H25Cl2N7/c1-14-23-15(13-28-9-7-27(2)8-10-28)11-20(24-14)25-19-5-6-29(26-19)16-3-4-17(21)18(22)12-16/h3-4,11-12H,5-10,13H2,1-2H3,(H,23,24,25,26). The van der Waals surface area contributed by atoms with Crippen molar-refractivity contribution in [2.75, 3.05) is 44.8 Å². The fraction of sp³-hybridized carbons (Fsp3) is 0.450. The average Bonchev–Trinajstić information content (AvgIpc) is 3.14. The Kier molecular flexibility index (Phi) is 6.20. The number of hydrogen-bond acceptors (Lipinski definition) is 6. The van der Waals surface area contributed by atoms with Crippen LogP contribution in [-0.2, 0) is 6.54 Å². The molecule has 0 unspecified atom stereocenters. The molecule has 0 amide bonds. The second kappa shape index (κ2) is 8.83. The van der Waals surface area contributed by atoms with E-state index in [0.29, 0.717) is 15.9 Å². The number of halogens is 2. The van der Waals surface area contributed by atoms with Gasteiger partial charge in [0.25, 0.3) is 0 Å². The van der Waals surface area contributed by atoms with Crippen LogP contribution in [0, 0.1) is 6.92 Å². The van der Waals surface area contributed by atoms with Gasteiger partial charge in [0, 0.05) is 51.8 Å². The van der Waals surface area contributed by atoms with Crippen LogP contribution in [0.4, 0.5) is 11.5 Å². The van der Waals surface area contributed by atoms with Crippen LogP contribution in [0.1, 0.15) is 17.9 Å². The van der Waals surface area contributed by atoms with E-state index < -0.39 is 0 Å². The summed E-state index contributed by atoms with van der Waals surface area (Å²) >= 11 is 12.2. The van der Waals surface area contributed by atoms with Gasteiger partial charge in [0.1, 0.15) is 11.7 Å². The van der Waals surface area contributed by atoms with E-state index >= 15 is 0 Å². The first-order valence-corrected chi connectivity index (χ1v) is 10.5. The molecule has 154 valence electrons. The number of hydrazine groups is 1. The van der Waals surface area contributed by atoms with Crippen molar-refractivity contribution in [2.24, 2.45) is 4.99 Å². The van der Waals surface area contributed by atoms with Crippen molar-refractivity contribution in [1.29, 1.82) is 0 Å². The lowest BCUT2D eigenvalue weighted by Gasteiger charge is -2.32. The van der Waals surface area contributed by atoms with Gasteiger partial charge in [-0.1, -0.05) is 23.2 Å². The number of aromatic nitrogens is 2. The summed E-state index contributed by atoms with van der Waals surface area (Å²) in [5, 5.41) is 3.10. The third-order valence-electron chi connectivity index (χ3n) is 5.16. The largest absolute Gasteiger partial charge is 0.304 e. The van der Waals surface area contributed by atoms with Crippen LogP contribution >= 0.6 is 23.2 Å². The molecule has 0 radical (unpaired) electrons. The molecule has 29 heavy (non-hydrogen) atoms. The third-order valence-corrected chi connectivity index (χ3v) is 5.90. The lowest BCUT2D eigenvalue weighted by Crippen LogP contribution is -2.44. The van der Waals surface area contributed by atoms with E-state index in [4.69, 9.17) is 28.2 Å². The molecular formula is C20H25Cl2N7. The molecule has 0 saturated carbocycles. The fourth-order valence-electron chi connectivity index (χ4n) is 3.54. The molecule has 2 fully saturated rings. The second-order valence-corrected chi connectivity index (χ2v) is 8.33. The van der Waals surface area contributed by atoms with Crippen molar-refractivity contribution in [2.45, 2.75) is 19.9 Å². The number of aryl methyl sites for hydroxylation is 1. The summed E-state index contributed by atoms with van der Waals surface area (Å²) in [6.07, 6.45) is 0.803. The highest BCUT2D eigenvalue weighted by Crippen LogP contribution is 2.28. The smallest absolute Gasteiger partial charge is 0.157 e. The Labute approximate surface area is 181 Å². The fourth-order valence-corrected chi connectivity index (χ4v) is 3.83. The molecule has 2 aromatic rings. The zero-order valence-corrected chi connectivity index (χ0v) is 18.2. The number of benzene rings is 1. The summed E-state index contributed by atoms with van der Waals surface area (Å²) in [5.74, 6) is 2.31. The summed E-state index contributed by atoms with van der Waals surface area (Å²) in [7, 11) is 2.16. The number of aliphatic imine (C=N–C) groups is 1. The SMILES string of the molecule is Cc1nc(CN2CCN(C)CC2)cc(N=C2CCN(c3ccc(Cl)c(Cl)c3)N2)n1. The number of nitrogens with zero attached hydrogens (tertiary/aromatic N) is 6. The Morgan fingerprint density at radius 3 is 2.59 bits per heavy atom. The molecule has 3 heterocycles. The average molecular weight is 434 g/mol. The van der Waals surface area contributed by atoms with Gasteiger partial charge >= 0.3 is 0 Å². The minimum absolute atomic E-state index is 0.538. The van der Waals surface area contributed by atoms with Gasteiger partial charge in [-0.05, 0) is 32.2 Å². The van der Waals surface area contributed by atoms with Crippen LogP contribution in [0.3, 0.4) is 0 Å². The number of nitrogens with one attached hydrogen (secondary N) is 1. The third kappa shape index (κ3) is 5.17. The number of rotatable bonds is 4. The van der Waals surface area contributed by atoms with E-state index in [0.717, 1.165) is 68.7 Å². The molecule has 1 aromatic heterocycles. The van der Waals surface area contributed by atoms with Crippen molar-refractivity contribution >= 4 is 40.5 Å². The van der Waals surface area contributed by atoms with Crippen molar-refractivity contribution < 1.29 is 0 Å². The van der Waals surface area contributed by atoms with Crippen molar-refractivity contribution in [3.63, 3.8) is 0 Å². The molecule has 7 nitrogen and oxygen atoms in total. The first-order valence-electron chi connectivity index (χ1n) is 9.78. The Hall–Kier alpha value is -1.93. The molecule has 4 rings (SSSR count). The molecule has 0 bridgehead atoms. The van der Waals surface area contributed by atoms with Crippen molar-refractivity contribution in [3.8, 4) is 0 Å². The summed E-state index contributed by atoms with van der Waals surface area (Å²) in [6, 6.07) is 7.58. The minimum Gasteiger partial charge on any atom is -0.304 e. The Morgan fingerprint density at radius 1 is 1.03 bits per heavy atom. The highest BCUT2D eigenvalue weighted by molar-refractivity contribution is 6.42. The van der Waals surface area contributed by atoms with E-state index in [1.165, 1.54) is 0 Å². The molecular weight excluding hydrogens is 409 g/mol. The topological polar surface area (TPSA) is 59.9 Å². The van der Waals surface area contributed by atoms with Gasteiger partial charge in [-0.3, -0.25) is 15.3 Å². The summed E-state index contributed by atoms with van der Waals surface area (Å²) in [6.45, 7) is 7.85. The van der Waals surface area contributed by atoms with Gasteiger partial charge < -0.3 is 4.90 Å². The normalized spacial score (nSPS) is 19.7. The van der Waals surface area contributed by atoms with Crippen LogP contribution < -0.4 is 10.4 Å². The van der Waals surface area contributed by atoms with Gasteiger partial charge in [0.15, 0.2) is 5.82 Å². The molecule has 1 N–H and O–H groups in total. The van der Waals surface area contributed by atoms with Gasteiger partial charge in [-0.2, -0.15) is 0 Å². The molecule has 2 saturated heterocycles. The van der Waals surface area contributed by atoms with Crippen molar-refractivity contribution in [1.82, 2.24) is 25.2 Å². The van der Waals surface area contributed by atoms with Crippen LogP contribution in [0.25, 0.3) is 0 Å². The van der Waals surface area contributed by atoms with E-state index in [1.807, 2.05) is 30.1 Å². The molecule has 0 atom stereocenters.